The van der Waals surface area contributed by atoms with Gasteiger partial charge in [-0.1, -0.05) is 18.2 Å². The minimum atomic E-state index is -0.884. The van der Waals surface area contributed by atoms with Gasteiger partial charge < -0.3 is 19.9 Å². The fourth-order valence-corrected chi connectivity index (χ4v) is 3.88. The Balaban J connectivity index is 1.37. The van der Waals surface area contributed by atoms with Crippen molar-refractivity contribution in [1.82, 2.24) is 4.90 Å². The fraction of sp³-hybridized carbons (Fsp3) is 0.391. The maximum atomic E-state index is 13.2. The van der Waals surface area contributed by atoms with Gasteiger partial charge in [0, 0.05) is 37.6 Å². The number of hydrogen-bond donors (Lipinski definition) is 1. The maximum Gasteiger partial charge on any atom is 0.240 e. The first-order chi connectivity index (χ1) is 14.0. The predicted molar refractivity (Wildman–Crippen MR) is 113 cm³/mol. The van der Waals surface area contributed by atoms with E-state index in [9.17, 15) is 9.59 Å². The summed E-state index contributed by atoms with van der Waals surface area (Å²) in [5.41, 5.74) is 2.01. The second-order valence-corrected chi connectivity index (χ2v) is 7.83. The van der Waals surface area contributed by atoms with Crippen LogP contribution in [0.1, 0.15) is 18.4 Å². The number of anilines is 2. The summed E-state index contributed by atoms with van der Waals surface area (Å²) in [4.78, 5) is 30.2. The number of ether oxygens (including phenoxy) is 1. The number of aryl methyl sites for hydroxylation is 1. The lowest BCUT2D eigenvalue weighted by molar-refractivity contribution is -0.142. The highest BCUT2D eigenvalue weighted by molar-refractivity contribution is 6.13. The molecule has 0 spiro atoms. The summed E-state index contributed by atoms with van der Waals surface area (Å²) >= 11 is 0. The van der Waals surface area contributed by atoms with Crippen molar-refractivity contribution in [2.45, 2.75) is 19.8 Å². The van der Waals surface area contributed by atoms with Gasteiger partial charge in [-0.3, -0.25) is 9.59 Å². The van der Waals surface area contributed by atoms with E-state index in [0.717, 1.165) is 35.8 Å². The molecule has 2 amide bonds. The summed E-state index contributed by atoms with van der Waals surface area (Å²) in [6, 6.07) is 15.6. The monoisotopic (exact) mass is 393 g/mol. The standard InChI is InChI=1S/C23H27N3O3/c1-17-5-3-4-6-20(17)24-21(27)23(11-12-23)22(28)26-15-13-25(14-16-26)18-7-9-19(29-2)10-8-18/h3-10H,11-16H2,1-2H3,(H,24,27). The maximum absolute atomic E-state index is 13.2. The second kappa shape index (κ2) is 7.78. The number of nitrogens with one attached hydrogen (secondary N) is 1. The van der Waals surface area contributed by atoms with Gasteiger partial charge in [0.05, 0.1) is 7.11 Å². The summed E-state index contributed by atoms with van der Waals surface area (Å²) in [6.45, 7) is 4.73. The molecule has 29 heavy (non-hydrogen) atoms. The first kappa shape index (κ1) is 19.3. The lowest BCUT2D eigenvalue weighted by Gasteiger charge is -2.37. The van der Waals surface area contributed by atoms with E-state index in [1.807, 2.05) is 60.4 Å². The highest BCUT2D eigenvalue weighted by Gasteiger charge is 2.58. The zero-order chi connectivity index (χ0) is 20.4. The van der Waals surface area contributed by atoms with Crippen molar-refractivity contribution in [3.05, 3.63) is 54.1 Å². The molecule has 0 unspecified atom stereocenters. The smallest absolute Gasteiger partial charge is 0.240 e. The molecule has 2 aromatic rings. The van der Waals surface area contributed by atoms with E-state index in [-0.39, 0.29) is 11.8 Å². The number of rotatable bonds is 5. The van der Waals surface area contributed by atoms with Crippen LogP contribution in [0.2, 0.25) is 0 Å². The van der Waals surface area contributed by atoms with E-state index in [1.54, 1.807) is 7.11 Å². The molecule has 0 aromatic heterocycles. The summed E-state index contributed by atoms with van der Waals surface area (Å²) < 4.78 is 5.21. The van der Waals surface area contributed by atoms with Gasteiger partial charge in [0.1, 0.15) is 11.2 Å². The Hall–Kier alpha value is -3.02. The molecule has 1 saturated heterocycles. The van der Waals surface area contributed by atoms with E-state index in [2.05, 4.69) is 10.2 Å². The Labute approximate surface area is 171 Å². The Morgan fingerprint density at radius 2 is 1.62 bits per heavy atom. The normalized spacial score (nSPS) is 17.6. The number of nitrogens with zero attached hydrogens (tertiary/aromatic N) is 2. The van der Waals surface area contributed by atoms with Gasteiger partial charge in [-0.2, -0.15) is 0 Å². The van der Waals surface area contributed by atoms with Gasteiger partial charge in [0.2, 0.25) is 11.8 Å². The van der Waals surface area contributed by atoms with Crippen LogP contribution < -0.4 is 15.0 Å². The molecular formula is C23H27N3O3. The summed E-state index contributed by atoms with van der Waals surface area (Å²) in [5.74, 6) is 0.630. The number of carbonyl (C=O) groups excluding carboxylic acids is 2. The Kier molecular flexibility index (Phi) is 5.18. The van der Waals surface area contributed by atoms with Gasteiger partial charge in [-0.25, -0.2) is 0 Å². The minimum Gasteiger partial charge on any atom is -0.497 e. The van der Waals surface area contributed by atoms with Crippen LogP contribution in [0.3, 0.4) is 0 Å². The number of carbonyl (C=O) groups is 2. The molecule has 6 heteroatoms. The highest BCUT2D eigenvalue weighted by Crippen LogP contribution is 2.48. The zero-order valence-corrected chi connectivity index (χ0v) is 17.0. The SMILES string of the molecule is COc1ccc(N2CCN(C(=O)C3(C(=O)Nc4ccccc4C)CC3)CC2)cc1. The van der Waals surface area contributed by atoms with Crippen molar-refractivity contribution in [3.8, 4) is 5.75 Å². The molecule has 1 N–H and O–H groups in total. The van der Waals surface area contributed by atoms with Gasteiger partial charge in [0.15, 0.2) is 0 Å². The van der Waals surface area contributed by atoms with Crippen LogP contribution in [0, 0.1) is 12.3 Å². The van der Waals surface area contributed by atoms with Gasteiger partial charge in [-0.05, 0) is 55.7 Å². The number of amides is 2. The van der Waals surface area contributed by atoms with Crippen molar-refractivity contribution < 1.29 is 14.3 Å². The topological polar surface area (TPSA) is 61.9 Å². The molecule has 6 nitrogen and oxygen atoms in total. The van der Waals surface area contributed by atoms with Crippen molar-refractivity contribution in [1.29, 1.82) is 0 Å². The Bertz CT molecular complexity index is 898. The van der Waals surface area contributed by atoms with Gasteiger partial charge in [-0.15, -0.1) is 0 Å². The lowest BCUT2D eigenvalue weighted by atomic mass is 10.0. The van der Waals surface area contributed by atoms with Gasteiger partial charge >= 0.3 is 0 Å². The van der Waals surface area contributed by atoms with Crippen molar-refractivity contribution in [3.63, 3.8) is 0 Å². The van der Waals surface area contributed by atoms with E-state index in [0.29, 0.717) is 25.9 Å². The fourth-order valence-electron chi connectivity index (χ4n) is 3.88. The Morgan fingerprint density at radius 1 is 0.966 bits per heavy atom. The molecule has 4 rings (SSSR count). The summed E-state index contributed by atoms with van der Waals surface area (Å²) in [6.07, 6.45) is 1.25. The van der Waals surface area contributed by atoms with Crippen molar-refractivity contribution in [2.75, 3.05) is 43.5 Å². The van der Waals surface area contributed by atoms with E-state index < -0.39 is 5.41 Å². The molecule has 1 saturated carbocycles. The largest absolute Gasteiger partial charge is 0.497 e. The highest BCUT2D eigenvalue weighted by atomic mass is 16.5. The van der Waals surface area contributed by atoms with E-state index in [4.69, 9.17) is 4.74 Å². The van der Waals surface area contributed by atoms with E-state index >= 15 is 0 Å². The van der Waals surface area contributed by atoms with Gasteiger partial charge in [0.25, 0.3) is 0 Å². The van der Waals surface area contributed by atoms with Crippen LogP contribution in [-0.2, 0) is 9.59 Å². The van der Waals surface area contributed by atoms with Crippen LogP contribution >= 0.6 is 0 Å². The molecule has 152 valence electrons. The third-order valence-corrected chi connectivity index (χ3v) is 5.99. The molecule has 2 aromatic carbocycles. The molecular weight excluding hydrogens is 366 g/mol. The Morgan fingerprint density at radius 3 is 2.21 bits per heavy atom. The number of para-hydroxylation sites is 1. The van der Waals surface area contributed by atoms with Crippen LogP contribution in [0.15, 0.2) is 48.5 Å². The first-order valence-electron chi connectivity index (χ1n) is 10.1. The zero-order valence-electron chi connectivity index (χ0n) is 17.0. The quantitative estimate of drug-likeness (QED) is 0.793. The van der Waals surface area contributed by atoms with Crippen molar-refractivity contribution >= 4 is 23.2 Å². The average molecular weight is 393 g/mol. The molecule has 1 aliphatic carbocycles. The molecule has 0 bridgehead atoms. The minimum absolute atomic E-state index is 0.0297. The number of piperazine rings is 1. The molecule has 0 atom stereocenters. The predicted octanol–water partition coefficient (Wildman–Crippen LogP) is 3.07. The van der Waals surface area contributed by atoms with Crippen LogP contribution in [0.5, 0.6) is 5.75 Å². The summed E-state index contributed by atoms with van der Waals surface area (Å²) in [7, 11) is 1.66. The van der Waals surface area contributed by atoms with E-state index in [1.165, 1.54) is 0 Å². The lowest BCUT2D eigenvalue weighted by Crippen LogP contribution is -2.52. The molecule has 1 heterocycles. The number of hydrogen-bond acceptors (Lipinski definition) is 4. The van der Waals surface area contributed by atoms with Crippen LogP contribution in [-0.4, -0.2) is 50.0 Å². The molecule has 2 aliphatic rings. The third kappa shape index (κ3) is 3.79. The summed E-state index contributed by atoms with van der Waals surface area (Å²) in [5, 5.41) is 2.97. The molecule has 2 fully saturated rings. The molecule has 1 aliphatic heterocycles. The third-order valence-electron chi connectivity index (χ3n) is 5.99. The average Bonchev–Trinajstić information content (AvgIpc) is 3.57. The number of methoxy groups -OCH3 is 1. The van der Waals surface area contributed by atoms with Crippen molar-refractivity contribution in [2.24, 2.45) is 5.41 Å². The van der Waals surface area contributed by atoms with Crippen LogP contribution in [0.25, 0.3) is 0 Å². The first-order valence-corrected chi connectivity index (χ1v) is 10.1. The van der Waals surface area contributed by atoms with Crippen LogP contribution in [0.4, 0.5) is 11.4 Å². The molecule has 0 radical (unpaired) electrons. The number of benzene rings is 2. The second-order valence-electron chi connectivity index (χ2n) is 7.83.